The fourth-order valence-electron chi connectivity index (χ4n) is 2.28. The van der Waals surface area contributed by atoms with Crippen LogP contribution in [0.3, 0.4) is 0 Å². The van der Waals surface area contributed by atoms with E-state index in [-0.39, 0.29) is 6.61 Å². The largest absolute Gasteiger partial charge is 0.395 e. The Bertz CT molecular complexity index is 542. The van der Waals surface area contributed by atoms with Crippen LogP contribution in [-0.2, 0) is 6.54 Å². The molecular formula is C15H21N3O. The van der Waals surface area contributed by atoms with Crippen molar-refractivity contribution in [2.75, 3.05) is 31.6 Å². The summed E-state index contributed by atoms with van der Waals surface area (Å²) in [5, 5.41) is 13.5. The van der Waals surface area contributed by atoms with E-state index >= 15 is 0 Å². The zero-order valence-corrected chi connectivity index (χ0v) is 11.6. The fourth-order valence-corrected chi connectivity index (χ4v) is 2.28. The number of aromatic nitrogens is 1. The van der Waals surface area contributed by atoms with Crippen molar-refractivity contribution in [3.63, 3.8) is 0 Å². The summed E-state index contributed by atoms with van der Waals surface area (Å²) < 4.78 is 0. The molecule has 0 fully saturated rings. The molecule has 0 aliphatic heterocycles. The molecule has 2 aromatic rings. The lowest BCUT2D eigenvalue weighted by molar-refractivity contribution is 0.302. The van der Waals surface area contributed by atoms with Crippen LogP contribution in [0.15, 0.2) is 30.3 Å². The van der Waals surface area contributed by atoms with Crippen LogP contribution >= 0.6 is 0 Å². The lowest BCUT2D eigenvalue weighted by Crippen LogP contribution is -2.28. The number of anilines is 1. The minimum absolute atomic E-state index is 0.140. The third kappa shape index (κ3) is 3.03. The van der Waals surface area contributed by atoms with Gasteiger partial charge in [-0.15, -0.1) is 0 Å². The number of likely N-dealkylation sites (N-methyl/N-ethyl adjacent to an activating group) is 1. The molecule has 0 saturated carbocycles. The Kier molecular flexibility index (Phi) is 4.71. The molecule has 19 heavy (non-hydrogen) atoms. The van der Waals surface area contributed by atoms with Gasteiger partial charge in [0.2, 0.25) is 0 Å². The van der Waals surface area contributed by atoms with E-state index in [4.69, 9.17) is 4.98 Å². The molecule has 0 saturated heterocycles. The predicted molar refractivity (Wildman–Crippen MR) is 79.5 cm³/mol. The Labute approximate surface area is 114 Å². The molecule has 0 radical (unpaired) electrons. The van der Waals surface area contributed by atoms with Gasteiger partial charge < -0.3 is 15.3 Å². The number of hydrogen-bond donors (Lipinski definition) is 2. The number of nitrogens with zero attached hydrogens (tertiary/aromatic N) is 2. The van der Waals surface area contributed by atoms with Gasteiger partial charge in [0.1, 0.15) is 5.82 Å². The second kappa shape index (κ2) is 6.50. The van der Waals surface area contributed by atoms with Crippen LogP contribution in [0.1, 0.15) is 12.5 Å². The number of aliphatic hydroxyl groups excluding tert-OH is 1. The predicted octanol–water partition coefficient (Wildman–Crippen LogP) is 1.77. The van der Waals surface area contributed by atoms with E-state index in [0.29, 0.717) is 6.54 Å². The maximum Gasteiger partial charge on any atom is 0.133 e. The standard InChI is InChI=1S/C15H21N3O/c1-3-18(8-9-19)15-13(11-16-2)10-12-6-4-5-7-14(12)17-15/h4-7,10,16,19H,3,8-9,11H2,1-2H3. The molecule has 0 aliphatic carbocycles. The highest BCUT2D eigenvalue weighted by molar-refractivity contribution is 5.81. The molecule has 4 nitrogen and oxygen atoms in total. The van der Waals surface area contributed by atoms with E-state index in [0.717, 1.165) is 35.4 Å². The topological polar surface area (TPSA) is 48.4 Å². The molecule has 0 spiro atoms. The summed E-state index contributed by atoms with van der Waals surface area (Å²) in [6, 6.07) is 10.3. The zero-order chi connectivity index (χ0) is 13.7. The Morgan fingerprint density at radius 3 is 2.79 bits per heavy atom. The highest BCUT2D eigenvalue weighted by atomic mass is 16.3. The minimum atomic E-state index is 0.140. The molecule has 2 rings (SSSR count). The van der Waals surface area contributed by atoms with Gasteiger partial charge in [0.25, 0.3) is 0 Å². The second-order valence-corrected chi connectivity index (χ2v) is 4.50. The smallest absolute Gasteiger partial charge is 0.133 e. The molecule has 102 valence electrons. The van der Waals surface area contributed by atoms with Crippen molar-refractivity contribution < 1.29 is 5.11 Å². The molecule has 0 unspecified atom stereocenters. The van der Waals surface area contributed by atoms with Crippen LogP contribution in [-0.4, -0.2) is 36.8 Å². The summed E-state index contributed by atoms with van der Waals surface area (Å²) in [5.41, 5.74) is 2.16. The van der Waals surface area contributed by atoms with Gasteiger partial charge in [0.05, 0.1) is 12.1 Å². The van der Waals surface area contributed by atoms with Gasteiger partial charge in [-0.2, -0.15) is 0 Å². The Balaban J connectivity index is 2.51. The number of pyridine rings is 1. The second-order valence-electron chi connectivity index (χ2n) is 4.50. The van der Waals surface area contributed by atoms with Crippen molar-refractivity contribution in [3.8, 4) is 0 Å². The fraction of sp³-hybridized carbons (Fsp3) is 0.400. The molecule has 0 amide bonds. The highest BCUT2D eigenvalue weighted by Crippen LogP contribution is 2.23. The average Bonchev–Trinajstić information content (AvgIpc) is 2.44. The van der Waals surface area contributed by atoms with Crippen LogP contribution < -0.4 is 10.2 Å². The number of rotatable bonds is 6. The van der Waals surface area contributed by atoms with Crippen LogP contribution in [0.2, 0.25) is 0 Å². The van der Waals surface area contributed by atoms with E-state index < -0.39 is 0 Å². The molecule has 2 N–H and O–H groups in total. The number of hydrogen-bond acceptors (Lipinski definition) is 4. The number of aliphatic hydroxyl groups is 1. The molecule has 0 atom stereocenters. The molecule has 4 heteroatoms. The number of benzene rings is 1. The minimum Gasteiger partial charge on any atom is -0.395 e. The lowest BCUT2D eigenvalue weighted by Gasteiger charge is -2.24. The van der Waals surface area contributed by atoms with Crippen LogP contribution in [0.4, 0.5) is 5.82 Å². The van der Waals surface area contributed by atoms with Crippen molar-refractivity contribution in [2.24, 2.45) is 0 Å². The normalized spacial score (nSPS) is 10.9. The Morgan fingerprint density at radius 2 is 2.11 bits per heavy atom. The number of fused-ring (bicyclic) bond motifs is 1. The summed E-state index contributed by atoms with van der Waals surface area (Å²) in [5.74, 6) is 0.963. The van der Waals surface area contributed by atoms with E-state index in [2.05, 4.69) is 29.3 Å². The molecule has 0 bridgehead atoms. The summed E-state index contributed by atoms with van der Waals surface area (Å²) in [6.45, 7) is 4.44. The number of para-hydroxylation sites is 1. The first-order valence-corrected chi connectivity index (χ1v) is 6.69. The first kappa shape index (κ1) is 13.8. The maximum atomic E-state index is 9.18. The van der Waals surface area contributed by atoms with Crippen molar-refractivity contribution >= 4 is 16.7 Å². The summed E-state index contributed by atoms with van der Waals surface area (Å²) >= 11 is 0. The third-order valence-electron chi connectivity index (χ3n) is 3.20. The van der Waals surface area contributed by atoms with Crippen LogP contribution in [0.25, 0.3) is 10.9 Å². The SMILES string of the molecule is CCN(CCO)c1nc2ccccc2cc1CNC. The van der Waals surface area contributed by atoms with Gasteiger partial charge in [-0.25, -0.2) is 4.98 Å². The Morgan fingerprint density at radius 1 is 1.32 bits per heavy atom. The summed E-state index contributed by atoms with van der Waals surface area (Å²) in [7, 11) is 1.93. The van der Waals surface area contributed by atoms with Crippen molar-refractivity contribution in [1.29, 1.82) is 0 Å². The first-order chi connectivity index (χ1) is 9.30. The van der Waals surface area contributed by atoms with E-state index in [9.17, 15) is 5.11 Å². The van der Waals surface area contributed by atoms with Gasteiger partial charge in [0.15, 0.2) is 0 Å². The average molecular weight is 259 g/mol. The van der Waals surface area contributed by atoms with E-state index in [1.165, 1.54) is 0 Å². The zero-order valence-electron chi connectivity index (χ0n) is 11.6. The van der Waals surface area contributed by atoms with Gasteiger partial charge in [-0.1, -0.05) is 18.2 Å². The number of nitrogens with one attached hydrogen (secondary N) is 1. The van der Waals surface area contributed by atoms with Crippen LogP contribution in [0.5, 0.6) is 0 Å². The summed E-state index contributed by atoms with van der Waals surface area (Å²) in [4.78, 5) is 6.87. The van der Waals surface area contributed by atoms with E-state index in [1.54, 1.807) is 0 Å². The third-order valence-corrected chi connectivity index (χ3v) is 3.20. The van der Waals surface area contributed by atoms with Gasteiger partial charge >= 0.3 is 0 Å². The monoisotopic (exact) mass is 259 g/mol. The molecular weight excluding hydrogens is 238 g/mol. The van der Waals surface area contributed by atoms with Crippen molar-refractivity contribution in [1.82, 2.24) is 10.3 Å². The van der Waals surface area contributed by atoms with Gasteiger partial charge in [0, 0.05) is 30.6 Å². The molecule has 1 heterocycles. The van der Waals surface area contributed by atoms with E-state index in [1.807, 2.05) is 25.2 Å². The molecule has 1 aromatic heterocycles. The van der Waals surface area contributed by atoms with Crippen molar-refractivity contribution in [2.45, 2.75) is 13.5 Å². The summed E-state index contributed by atoms with van der Waals surface area (Å²) in [6.07, 6.45) is 0. The van der Waals surface area contributed by atoms with Gasteiger partial charge in [-0.05, 0) is 26.1 Å². The van der Waals surface area contributed by atoms with Gasteiger partial charge in [-0.3, -0.25) is 0 Å². The Hall–Kier alpha value is -1.65. The molecule has 0 aliphatic rings. The lowest BCUT2D eigenvalue weighted by atomic mass is 10.1. The first-order valence-electron chi connectivity index (χ1n) is 6.69. The highest BCUT2D eigenvalue weighted by Gasteiger charge is 2.12. The van der Waals surface area contributed by atoms with Crippen molar-refractivity contribution in [3.05, 3.63) is 35.9 Å². The molecule has 1 aromatic carbocycles. The maximum absolute atomic E-state index is 9.18. The quantitative estimate of drug-likeness (QED) is 0.830. The van der Waals surface area contributed by atoms with Crippen LogP contribution in [0, 0.1) is 0 Å².